The Morgan fingerprint density at radius 1 is 1.50 bits per heavy atom. The van der Waals surface area contributed by atoms with E-state index in [1.54, 1.807) is 12.0 Å². The lowest BCUT2D eigenvalue weighted by molar-refractivity contribution is -0.0494. The van der Waals surface area contributed by atoms with Crippen molar-refractivity contribution in [3.05, 3.63) is 23.7 Å². The Balaban J connectivity index is 1.46. The molecule has 1 saturated carbocycles. The van der Waals surface area contributed by atoms with Crippen molar-refractivity contribution in [3.63, 3.8) is 0 Å². The van der Waals surface area contributed by atoms with Crippen molar-refractivity contribution in [3.8, 4) is 0 Å². The highest BCUT2D eigenvalue weighted by Crippen LogP contribution is 2.47. The molecule has 0 aromatic carbocycles. The molecule has 2 aliphatic rings. The van der Waals surface area contributed by atoms with Gasteiger partial charge in [-0.3, -0.25) is 0 Å². The molecule has 3 rings (SSSR count). The zero-order valence-electron chi connectivity index (χ0n) is 13.2. The Kier molecular flexibility index (Phi) is 4.69. The van der Waals surface area contributed by atoms with Crippen LogP contribution in [-0.2, 0) is 16.0 Å². The monoisotopic (exact) mass is 308 g/mol. The van der Waals surface area contributed by atoms with Gasteiger partial charge < -0.3 is 24.1 Å². The molecule has 2 heterocycles. The Morgan fingerprint density at radius 2 is 2.32 bits per heavy atom. The van der Waals surface area contributed by atoms with Gasteiger partial charge in [0.1, 0.15) is 11.5 Å². The van der Waals surface area contributed by atoms with E-state index < -0.39 is 0 Å². The SMILES string of the molecule is COC[C@@H]1CN(C(=O)NCc2ccc([C@H]3C[C@@H]3C)o2)CCO1. The summed E-state index contributed by atoms with van der Waals surface area (Å²) in [7, 11) is 1.64. The van der Waals surface area contributed by atoms with Crippen LogP contribution in [0.25, 0.3) is 0 Å². The lowest BCUT2D eigenvalue weighted by atomic mass is 10.3. The van der Waals surface area contributed by atoms with Crippen LogP contribution in [0.3, 0.4) is 0 Å². The zero-order valence-corrected chi connectivity index (χ0v) is 13.2. The molecule has 1 aromatic rings. The predicted octanol–water partition coefficient (Wildman–Crippen LogP) is 1.96. The van der Waals surface area contributed by atoms with Gasteiger partial charge in [-0.2, -0.15) is 0 Å². The average Bonchev–Trinajstić information content (AvgIpc) is 3.07. The van der Waals surface area contributed by atoms with Crippen molar-refractivity contribution in [2.24, 2.45) is 5.92 Å². The van der Waals surface area contributed by atoms with Crippen LogP contribution in [0.4, 0.5) is 4.79 Å². The first-order valence-electron chi connectivity index (χ1n) is 7.89. The number of morpholine rings is 1. The summed E-state index contributed by atoms with van der Waals surface area (Å²) in [6, 6.07) is 3.90. The van der Waals surface area contributed by atoms with Gasteiger partial charge in [0.2, 0.25) is 0 Å². The van der Waals surface area contributed by atoms with Crippen molar-refractivity contribution in [1.29, 1.82) is 0 Å². The van der Waals surface area contributed by atoms with Gasteiger partial charge in [-0.05, 0) is 24.5 Å². The first-order chi connectivity index (χ1) is 10.7. The van der Waals surface area contributed by atoms with Crippen molar-refractivity contribution in [2.45, 2.75) is 31.9 Å². The van der Waals surface area contributed by atoms with Crippen molar-refractivity contribution < 1.29 is 18.7 Å². The molecule has 6 heteroatoms. The van der Waals surface area contributed by atoms with Gasteiger partial charge in [-0.15, -0.1) is 0 Å². The fourth-order valence-electron chi connectivity index (χ4n) is 2.87. The molecular weight excluding hydrogens is 284 g/mol. The van der Waals surface area contributed by atoms with E-state index in [4.69, 9.17) is 13.9 Å². The maximum absolute atomic E-state index is 12.2. The lowest BCUT2D eigenvalue weighted by Crippen LogP contribution is -2.50. The van der Waals surface area contributed by atoms with E-state index in [2.05, 4.69) is 12.2 Å². The second-order valence-corrected chi connectivity index (χ2v) is 6.18. The van der Waals surface area contributed by atoms with Crippen LogP contribution < -0.4 is 5.32 Å². The molecule has 3 atom stereocenters. The van der Waals surface area contributed by atoms with Crippen molar-refractivity contribution >= 4 is 6.03 Å². The van der Waals surface area contributed by atoms with Gasteiger partial charge in [-0.25, -0.2) is 4.79 Å². The molecule has 0 radical (unpaired) electrons. The summed E-state index contributed by atoms with van der Waals surface area (Å²) in [4.78, 5) is 14.0. The summed E-state index contributed by atoms with van der Waals surface area (Å²) in [5.41, 5.74) is 0. The van der Waals surface area contributed by atoms with Gasteiger partial charge in [0.05, 0.1) is 32.4 Å². The molecule has 0 bridgehead atoms. The third-order valence-corrected chi connectivity index (χ3v) is 4.35. The van der Waals surface area contributed by atoms with E-state index in [1.807, 2.05) is 12.1 Å². The maximum atomic E-state index is 12.2. The standard InChI is InChI=1S/C16H24N2O4/c1-11-7-14(11)15-4-3-12(22-15)8-17-16(19)18-5-6-21-13(9-18)10-20-2/h3-4,11,13-14H,5-10H2,1-2H3,(H,17,19)/t11-,13-,14-/m0/s1. The van der Waals surface area contributed by atoms with Crippen LogP contribution in [0.5, 0.6) is 0 Å². The van der Waals surface area contributed by atoms with E-state index in [9.17, 15) is 4.79 Å². The normalized spacial score (nSPS) is 27.7. The van der Waals surface area contributed by atoms with Gasteiger partial charge in [0.15, 0.2) is 0 Å². The van der Waals surface area contributed by atoms with E-state index in [0.29, 0.717) is 38.8 Å². The third kappa shape index (κ3) is 3.62. The van der Waals surface area contributed by atoms with E-state index in [0.717, 1.165) is 17.4 Å². The minimum atomic E-state index is -0.0813. The topological polar surface area (TPSA) is 63.9 Å². The number of amides is 2. The van der Waals surface area contributed by atoms with Crippen LogP contribution >= 0.6 is 0 Å². The van der Waals surface area contributed by atoms with E-state index in [1.165, 1.54) is 6.42 Å². The van der Waals surface area contributed by atoms with Crippen molar-refractivity contribution in [1.82, 2.24) is 10.2 Å². The van der Waals surface area contributed by atoms with Crippen LogP contribution in [0.15, 0.2) is 16.5 Å². The largest absolute Gasteiger partial charge is 0.464 e. The lowest BCUT2D eigenvalue weighted by Gasteiger charge is -2.32. The Labute approximate surface area is 130 Å². The summed E-state index contributed by atoms with van der Waals surface area (Å²) >= 11 is 0. The number of urea groups is 1. The first kappa shape index (κ1) is 15.4. The zero-order chi connectivity index (χ0) is 15.5. The Bertz CT molecular complexity index is 514. The van der Waals surface area contributed by atoms with Crippen molar-refractivity contribution in [2.75, 3.05) is 33.4 Å². The van der Waals surface area contributed by atoms with Gasteiger partial charge >= 0.3 is 6.03 Å². The Morgan fingerprint density at radius 3 is 3.05 bits per heavy atom. The molecular formula is C16H24N2O4. The number of rotatable bonds is 5. The number of ether oxygens (including phenoxy) is 2. The van der Waals surface area contributed by atoms with E-state index >= 15 is 0 Å². The highest BCUT2D eigenvalue weighted by molar-refractivity contribution is 5.74. The molecule has 1 saturated heterocycles. The molecule has 122 valence electrons. The minimum Gasteiger partial charge on any atom is -0.464 e. The molecule has 1 aliphatic carbocycles. The third-order valence-electron chi connectivity index (χ3n) is 4.35. The van der Waals surface area contributed by atoms with Crippen LogP contribution in [0, 0.1) is 5.92 Å². The molecule has 2 fully saturated rings. The smallest absolute Gasteiger partial charge is 0.317 e. The number of hydrogen-bond acceptors (Lipinski definition) is 4. The minimum absolute atomic E-state index is 0.0453. The summed E-state index contributed by atoms with van der Waals surface area (Å²) in [5, 5.41) is 2.91. The highest BCUT2D eigenvalue weighted by Gasteiger charge is 2.36. The van der Waals surface area contributed by atoms with Crippen LogP contribution in [-0.4, -0.2) is 50.4 Å². The first-order valence-corrected chi connectivity index (χ1v) is 7.89. The fourth-order valence-corrected chi connectivity index (χ4v) is 2.87. The number of furan rings is 1. The summed E-state index contributed by atoms with van der Waals surface area (Å²) in [6.07, 6.45) is 1.16. The van der Waals surface area contributed by atoms with Crippen LogP contribution in [0.1, 0.15) is 30.8 Å². The average molecular weight is 308 g/mol. The van der Waals surface area contributed by atoms with Gasteiger partial charge in [0, 0.05) is 19.6 Å². The number of hydrogen-bond donors (Lipinski definition) is 1. The molecule has 1 N–H and O–H groups in total. The number of methoxy groups -OCH3 is 1. The number of carbonyl (C=O) groups is 1. The molecule has 0 spiro atoms. The van der Waals surface area contributed by atoms with E-state index in [-0.39, 0.29) is 12.1 Å². The van der Waals surface area contributed by atoms with Gasteiger partial charge in [-0.1, -0.05) is 6.92 Å². The summed E-state index contributed by atoms with van der Waals surface area (Å²) < 4.78 is 16.4. The van der Waals surface area contributed by atoms with Crippen LogP contribution in [0.2, 0.25) is 0 Å². The summed E-state index contributed by atoms with van der Waals surface area (Å²) in [6.45, 7) is 4.87. The highest BCUT2D eigenvalue weighted by atomic mass is 16.5. The molecule has 22 heavy (non-hydrogen) atoms. The quantitative estimate of drug-likeness (QED) is 0.903. The number of nitrogens with one attached hydrogen (secondary N) is 1. The molecule has 6 nitrogen and oxygen atoms in total. The molecule has 1 aliphatic heterocycles. The molecule has 1 aromatic heterocycles. The fraction of sp³-hybridized carbons (Fsp3) is 0.688. The molecule has 2 amide bonds. The van der Waals surface area contributed by atoms with Gasteiger partial charge in [0.25, 0.3) is 0 Å². The second kappa shape index (κ2) is 6.71. The second-order valence-electron chi connectivity index (χ2n) is 6.18. The molecule has 0 unspecified atom stereocenters. The Hall–Kier alpha value is -1.53. The number of carbonyl (C=O) groups excluding carboxylic acids is 1. The predicted molar refractivity (Wildman–Crippen MR) is 80.7 cm³/mol. The number of nitrogens with zero attached hydrogens (tertiary/aromatic N) is 1. The summed E-state index contributed by atoms with van der Waals surface area (Å²) in [5.74, 6) is 3.14. The maximum Gasteiger partial charge on any atom is 0.317 e.